The number of carbonyl (C=O) groups is 1. The van der Waals surface area contributed by atoms with Gasteiger partial charge in [0.2, 0.25) is 5.91 Å². The number of aliphatic hydroxyl groups excluding tert-OH is 7. The second kappa shape index (κ2) is 51.8. The second-order valence-corrected chi connectivity index (χ2v) is 21.7. The summed E-state index contributed by atoms with van der Waals surface area (Å²) >= 11 is 0. The smallest absolute Gasteiger partial charge is 0.249 e. The Bertz CT molecular complexity index is 1340. The van der Waals surface area contributed by atoms with Crippen molar-refractivity contribution >= 4 is 5.91 Å². The van der Waals surface area contributed by atoms with Gasteiger partial charge in [0.1, 0.15) is 36.6 Å². The summed E-state index contributed by atoms with van der Waals surface area (Å²) < 4.78 is 11.1. The molecule has 8 N–H and O–H groups in total. The maximum Gasteiger partial charge on any atom is 0.249 e. The normalized spacial score (nSPS) is 20.1. The van der Waals surface area contributed by atoms with Crippen LogP contribution in [0.1, 0.15) is 277 Å². The summed E-state index contributed by atoms with van der Waals surface area (Å²) in [5.74, 6) is -0.715. The van der Waals surface area contributed by atoms with Crippen LogP contribution in [0, 0.1) is 0 Å². The third kappa shape index (κ3) is 39.4. The molecule has 1 aliphatic rings. The van der Waals surface area contributed by atoms with E-state index in [1.165, 1.54) is 167 Å². The van der Waals surface area contributed by atoms with Crippen molar-refractivity contribution in [1.29, 1.82) is 0 Å². The van der Waals surface area contributed by atoms with Gasteiger partial charge in [-0.1, -0.05) is 236 Å². The molecule has 0 aromatic carbocycles. The second-order valence-electron chi connectivity index (χ2n) is 21.7. The molecule has 0 spiro atoms. The van der Waals surface area contributed by atoms with Crippen LogP contribution in [0.4, 0.5) is 0 Å². The number of allylic oxidation sites excluding steroid dienone is 8. The molecule has 9 unspecified atom stereocenters. The SMILES string of the molecule is CCCCCCCCCCCCC/C=C\CCCCCCCCC(O)C(=O)NC(COC1OC(CO)C(O)C(O)C1O)C(O)C(O)CCC/C=C/CC/C=C/CC/C=C/CCCCCCCCCCCCCCC. The monoisotopic (exact) mass is 1050 g/mol. The van der Waals surface area contributed by atoms with E-state index in [1.54, 1.807) is 0 Å². The van der Waals surface area contributed by atoms with E-state index < -0.39 is 74.2 Å². The first kappa shape index (κ1) is 70.1. The first-order chi connectivity index (χ1) is 36.2. The number of rotatable bonds is 53. The zero-order valence-corrected chi connectivity index (χ0v) is 47.6. The van der Waals surface area contributed by atoms with Gasteiger partial charge in [0.15, 0.2) is 6.29 Å². The molecule has 1 saturated heterocycles. The van der Waals surface area contributed by atoms with Crippen molar-refractivity contribution in [3.63, 3.8) is 0 Å². The highest BCUT2D eigenvalue weighted by Crippen LogP contribution is 2.23. The van der Waals surface area contributed by atoms with Crippen molar-refractivity contribution in [3.8, 4) is 0 Å². The van der Waals surface area contributed by atoms with Gasteiger partial charge in [-0.3, -0.25) is 4.79 Å². The highest BCUT2D eigenvalue weighted by atomic mass is 16.7. The number of aliphatic hydroxyl groups is 7. The molecule has 0 aromatic rings. The Balaban J connectivity index is 2.33. The lowest BCUT2D eigenvalue weighted by Gasteiger charge is -2.40. The lowest BCUT2D eigenvalue weighted by atomic mass is 9.98. The Morgan fingerprint density at radius 3 is 1.20 bits per heavy atom. The Hall–Kier alpha value is -1.93. The van der Waals surface area contributed by atoms with E-state index in [1.807, 2.05) is 0 Å². The van der Waals surface area contributed by atoms with Gasteiger partial charge in [0.05, 0.1) is 25.4 Å². The van der Waals surface area contributed by atoms with Gasteiger partial charge < -0.3 is 50.5 Å². The van der Waals surface area contributed by atoms with E-state index in [2.05, 4.69) is 67.8 Å². The van der Waals surface area contributed by atoms with Gasteiger partial charge in [0.25, 0.3) is 0 Å². The maximum absolute atomic E-state index is 13.2. The Kier molecular flexibility index (Phi) is 49.1. The molecule has 1 fully saturated rings. The highest BCUT2D eigenvalue weighted by Gasteiger charge is 2.44. The zero-order chi connectivity index (χ0) is 54.0. The summed E-state index contributed by atoms with van der Waals surface area (Å²) in [6, 6.07) is -1.20. The van der Waals surface area contributed by atoms with Gasteiger partial charge in [-0.15, -0.1) is 0 Å². The van der Waals surface area contributed by atoms with Crippen LogP contribution in [0.15, 0.2) is 48.6 Å². The van der Waals surface area contributed by atoms with Crippen molar-refractivity contribution in [2.45, 2.75) is 332 Å². The number of carbonyl (C=O) groups excluding carboxylic acids is 1. The third-order valence-corrected chi connectivity index (χ3v) is 14.8. The fourth-order valence-corrected chi connectivity index (χ4v) is 9.76. The number of nitrogens with one attached hydrogen (secondary N) is 1. The van der Waals surface area contributed by atoms with Crippen LogP contribution >= 0.6 is 0 Å². The van der Waals surface area contributed by atoms with Crippen LogP contribution in [-0.2, 0) is 14.3 Å². The number of ether oxygens (including phenoxy) is 2. The minimum Gasteiger partial charge on any atom is -0.394 e. The van der Waals surface area contributed by atoms with E-state index >= 15 is 0 Å². The van der Waals surface area contributed by atoms with Gasteiger partial charge in [-0.25, -0.2) is 0 Å². The highest BCUT2D eigenvalue weighted by molar-refractivity contribution is 5.80. The van der Waals surface area contributed by atoms with Crippen molar-refractivity contribution in [3.05, 3.63) is 48.6 Å². The Labute approximate surface area is 453 Å². The number of unbranched alkanes of at least 4 members (excludes halogenated alkanes) is 33. The number of amides is 1. The maximum atomic E-state index is 13.2. The topological polar surface area (TPSA) is 189 Å². The van der Waals surface area contributed by atoms with Gasteiger partial charge in [-0.2, -0.15) is 0 Å². The summed E-state index contributed by atoms with van der Waals surface area (Å²) in [6.07, 6.45) is 54.6. The fourth-order valence-electron chi connectivity index (χ4n) is 9.76. The molecule has 1 heterocycles. The first-order valence-corrected chi connectivity index (χ1v) is 31.0. The molecular weight excluding hydrogens is 931 g/mol. The van der Waals surface area contributed by atoms with Gasteiger partial charge in [-0.05, 0) is 89.9 Å². The third-order valence-electron chi connectivity index (χ3n) is 14.8. The van der Waals surface area contributed by atoms with Crippen LogP contribution in [0.5, 0.6) is 0 Å². The fraction of sp³-hybridized carbons (Fsp3) is 0.857. The lowest BCUT2D eigenvalue weighted by molar-refractivity contribution is -0.303. The van der Waals surface area contributed by atoms with Gasteiger partial charge >= 0.3 is 0 Å². The van der Waals surface area contributed by atoms with Crippen LogP contribution in [0.3, 0.4) is 0 Å². The molecule has 74 heavy (non-hydrogen) atoms. The van der Waals surface area contributed by atoms with Crippen LogP contribution < -0.4 is 5.32 Å². The van der Waals surface area contributed by atoms with E-state index in [0.717, 1.165) is 64.2 Å². The minimum atomic E-state index is -1.68. The van der Waals surface area contributed by atoms with E-state index in [-0.39, 0.29) is 12.8 Å². The van der Waals surface area contributed by atoms with Crippen molar-refractivity contribution in [1.82, 2.24) is 5.32 Å². The number of hydrogen-bond acceptors (Lipinski definition) is 10. The van der Waals surface area contributed by atoms with Gasteiger partial charge in [0, 0.05) is 0 Å². The summed E-state index contributed by atoms with van der Waals surface area (Å²) in [5.41, 5.74) is 0. The summed E-state index contributed by atoms with van der Waals surface area (Å²) in [4.78, 5) is 13.2. The quantitative estimate of drug-likeness (QED) is 0.0215. The molecule has 1 rings (SSSR count). The predicted octanol–water partition coefficient (Wildman–Crippen LogP) is 13.6. The standard InChI is InChI=1S/C63H117NO10/c1-3-5-7-9-11-13-15-17-19-21-23-25-26-27-28-29-31-32-34-36-38-40-42-44-46-48-50-55(66)58(68)54(53-73-63-61(71)60(70)59(69)57(52-65)74-63)64-62(72)56(67)51-49-47-45-43-41-39-37-35-33-30-24-22-20-18-16-14-12-10-8-6-4-2/h28-29,33-36,42,44,54-61,63,65-71H,3-27,30-32,37-41,43,45-53H2,1-2H3,(H,64,72)/b29-28+,35-33-,36-34+,44-42+. The molecule has 1 aliphatic heterocycles. The molecule has 434 valence electrons. The molecule has 11 nitrogen and oxygen atoms in total. The Morgan fingerprint density at radius 2 is 0.811 bits per heavy atom. The predicted molar refractivity (Wildman–Crippen MR) is 307 cm³/mol. The molecular formula is C63H117NO10. The molecule has 9 atom stereocenters. The molecule has 1 amide bonds. The van der Waals surface area contributed by atoms with Crippen LogP contribution in [0.25, 0.3) is 0 Å². The summed E-state index contributed by atoms with van der Waals surface area (Å²) in [5, 5.41) is 76.2. The average molecular weight is 1050 g/mol. The lowest BCUT2D eigenvalue weighted by Crippen LogP contribution is -2.60. The summed E-state index contributed by atoms with van der Waals surface area (Å²) in [6.45, 7) is 3.46. The molecule has 0 aliphatic carbocycles. The zero-order valence-electron chi connectivity index (χ0n) is 47.6. The summed E-state index contributed by atoms with van der Waals surface area (Å²) in [7, 11) is 0. The minimum absolute atomic E-state index is 0.239. The van der Waals surface area contributed by atoms with Crippen molar-refractivity contribution in [2.75, 3.05) is 13.2 Å². The average Bonchev–Trinajstić information content (AvgIpc) is 3.40. The first-order valence-electron chi connectivity index (χ1n) is 31.0. The molecule has 0 radical (unpaired) electrons. The molecule has 0 aromatic heterocycles. The van der Waals surface area contributed by atoms with Crippen LogP contribution in [-0.4, -0.2) is 110 Å². The van der Waals surface area contributed by atoms with Crippen molar-refractivity contribution < 1.29 is 50.0 Å². The van der Waals surface area contributed by atoms with E-state index in [4.69, 9.17) is 9.47 Å². The Morgan fingerprint density at radius 1 is 0.459 bits per heavy atom. The molecule has 11 heteroatoms. The van der Waals surface area contributed by atoms with Crippen LogP contribution in [0.2, 0.25) is 0 Å². The van der Waals surface area contributed by atoms with E-state index in [0.29, 0.717) is 19.3 Å². The van der Waals surface area contributed by atoms with E-state index in [9.17, 15) is 40.5 Å². The van der Waals surface area contributed by atoms with Crippen molar-refractivity contribution in [2.24, 2.45) is 0 Å². The molecule has 0 bridgehead atoms. The molecule has 0 saturated carbocycles. The number of hydrogen-bond donors (Lipinski definition) is 8. The largest absolute Gasteiger partial charge is 0.394 e.